The normalized spacial score (nSPS) is 10.5. The molecule has 0 radical (unpaired) electrons. The molecule has 2 rings (SSSR count). The zero-order valence-electron chi connectivity index (χ0n) is 5.52. The summed E-state index contributed by atoms with van der Waals surface area (Å²) in [7, 11) is 0. The molecule has 2 aromatic heterocycles. The Morgan fingerprint density at radius 3 is 3.10 bits per heavy atom. The number of fused-ring (bicyclic) bond motifs is 1. The number of hydrogen-bond acceptors (Lipinski definition) is 3. The van der Waals surface area contributed by atoms with Crippen LogP contribution in [-0.4, -0.2) is 19.6 Å². The molecule has 2 heterocycles. The van der Waals surface area contributed by atoms with Gasteiger partial charge in [0.1, 0.15) is 5.82 Å². The molecule has 10 heavy (non-hydrogen) atoms. The monoisotopic (exact) mass is 134 g/mol. The first-order chi connectivity index (χ1) is 4.88. The minimum atomic E-state index is 0.792. The number of aromatic nitrogens is 4. The molecule has 2 aromatic rings. The summed E-state index contributed by atoms with van der Waals surface area (Å²) < 4.78 is 1.88. The Labute approximate surface area is 57.5 Å². The fourth-order valence-electron chi connectivity index (χ4n) is 0.873. The van der Waals surface area contributed by atoms with E-state index in [0.29, 0.717) is 0 Å². The largest absolute Gasteiger partial charge is 0.284 e. The summed E-state index contributed by atoms with van der Waals surface area (Å²) in [5, 5.41) is 7.74. The summed E-state index contributed by atoms with van der Waals surface area (Å²) in [6.07, 6.45) is 5.23. The van der Waals surface area contributed by atoms with Crippen molar-refractivity contribution in [3.63, 3.8) is 0 Å². The van der Waals surface area contributed by atoms with Crippen molar-refractivity contribution >= 4 is 5.65 Å². The lowest BCUT2D eigenvalue weighted by Crippen LogP contribution is -1.86. The van der Waals surface area contributed by atoms with Crippen LogP contribution in [0.4, 0.5) is 0 Å². The average molecular weight is 134 g/mol. The van der Waals surface area contributed by atoms with Crippen molar-refractivity contribution in [2.45, 2.75) is 6.92 Å². The van der Waals surface area contributed by atoms with E-state index in [-0.39, 0.29) is 0 Å². The van der Waals surface area contributed by atoms with Crippen LogP contribution in [0.2, 0.25) is 0 Å². The Bertz CT molecular complexity index is 351. The van der Waals surface area contributed by atoms with Crippen molar-refractivity contribution in [3.05, 3.63) is 24.4 Å². The lowest BCUT2D eigenvalue weighted by atomic mass is 10.6. The summed E-state index contributed by atoms with van der Waals surface area (Å²) >= 11 is 0. The molecule has 0 spiro atoms. The van der Waals surface area contributed by atoms with Gasteiger partial charge in [-0.05, 0) is 6.92 Å². The van der Waals surface area contributed by atoms with E-state index in [0.717, 1.165) is 11.5 Å². The van der Waals surface area contributed by atoms with Gasteiger partial charge in [0, 0.05) is 12.4 Å². The zero-order valence-corrected chi connectivity index (χ0v) is 5.52. The molecule has 0 bridgehead atoms. The van der Waals surface area contributed by atoms with Crippen LogP contribution in [0.5, 0.6) is 0 Å². The molecular formula is C6H6N4. The third kappa shape index (κ3) is 0.586. The lowest BCUT2D eigenvalue weighted by Gasteiger charge is -1.88. The molecule has 0 amide bonds. The van der Waals surface area contributed by atoms with Crippen LogP contribution < -0.4 is 0 Å². The molecule has 4 heteroatoms. The summed E-state index contributed by atoms with van der Waals surface area (Å²) in [5.74, 6) is 0.886. The van der Waals surface area contributed by atoms with Gasteiger partial charge in [-0.3, -0.25) is 9.38 Å². The first-order valence-electron chi connectivity index (χ1n) is 2.99. The van der Waals surface area contributed by atoms with Gasteiger partial charge in [0.2, 0.25) is 0 Å². The molecule has 0 unspecified atom stereocenters. The predicted molar refractivity (Wildman–Crippen MR) is 35.5 cm³/mol. The zero-order chi connectivity index (χ0) is 6.97. The summed E-state index contributed by atoms with van der Waals surface area (Å²) in [4.78, 5) is 3.90. The van der Waals surface area contributed by atoms with Crippen LogP contribution in [-0.2, 0) is 0 Å². The second kappa shape index (κ2) is 1.76. The maximum atomic E-state index is 3.90. The van der Waals surface area contributed by atoms with Gasteiger partial charge in [0.05, 0.1) is 6.20 Å². The van der Waals surface area contributed by atoms with E-state index in [1.54, 1.807) is 12.4 Å². The Morgan fingerprint density at radius 2 is 2.30 bits per heavy atom. The van der Waals surface area contributed by atoms with Crippen molar-refractivity contribution in [2.24, 2.45) is 0 Å². The minimum Gasteiger partial charge on any atom is -0.284 e. The SMILES string of the molecule is Cc1nnc2cnccn12. The van der Waals surface area contributed by atoms with Crippen LogP contribution in [0, 0.1) is 6.92 Å². The van der Waals surface area contributed by atoms with Crippen LogP contribution in [0.15, 0.2) is 18.6 Å². The predicted octanol–water partition coefficient (Wildman–Crippen LogP) is 0.433. The molecule has 50 valence electrons. The van der Waals surface area contributed by atoms with Crippen molar-refractivity contribution in [3.8, 4) is 0 Å². The smallest absolute Gasteiger partial charge is 0.179 e. The summed E-state index contributed by atoms with van der Waals surface area (Å²) in [6.45, 7) is 1.90. The topological polar surface area (TPSA) is 43.1 Å². The van der Waals surface area contributed by atoms with E-state index in [2.05, 4.69) is 15.2 Å². The molecule has 0 N–H and O–H groups in total. The fourth-order valence-corrected chi connectivity index (χ4v) is 0.873. The van der Waals surface area contributed by atoms with Crippen LogP contribution in [0.25, 0.3) is 5.65 Å². The van der Waals surface area contributed by atoms with Gasteiger partial charge in [0.25, 0.3) is 0 Å². The first-order valence-corrected chi connectivity index (χ1v) is 2.99. The van der Waals surface area contributed by atoms with Crippen LogP contribution >= 0.6 is 0 Å². The Morgan fingerprint density at radius 1 is 1.40 bits per heavy atom. The number of hydrogen-bond donors (Lipinski definition) is 0. The van der Waals surface area contributed by atoms with Crippen molar-refractivity contribution in [1.29, 1.82) is 0 Å². The third-order valence-corrected chi connectivity index (χ3v) is 1.38. The highest BCUT2D eigenvalue weighted by molar-refractivity contribution is 5.33. The molecule has 0 atom stereocenters. The fraction of sp³-hybridized carbons (Fsp3) is 0.167. The molecule has 0 fully saturated rings. The summed E-state index contributed by atoms with van der Waals surface area (Å²) in [6, 6.07) is 0. The Kier molecular flexibility index (Phi) is 0.943. The quantitative estimate of drug-likeness (QED) is 0.524. The second-order valence-corrected chi connectivity index (χ2v) is 2.05. The molecule has 4 nitrogen and oxygen atoms in total. The number of nitrogens with zero attached hydrogens (tertiary/aromatic N) is 4. The maximum Gasteiger partial charge on any atom is 0.179 e. The molecule has 0 aromatic carbocycles. The van der Waals surface area contributed by atoms with Gasteiger partial charge in [-0.15, -0.1) is 10.2 Å². The van der Waals surface area contributed by atoms with Gasteiger partial charge in [0.15, 0.2) is 5.65 Å². The Hall–Kier alpha value is -1.45. The average Bonchev–Trinajstić information content (AvgIpc) is 2.34. The molecule has 0 saturated carbocycles. The molecule has 0 saturated heterocycles. The van der Waals surface area contributed by atoms with E-state index in [9.17, 15) is 0 Å². The van der Waals surface area contributed by atoms with E-state index in [1.165, 1.54) is 0 Å². The lowest BCUT2D eigenvalue weighted by molar-refractivity contribution is 1.00. The highest BCUT2D eigenvalue weighted by atomic mass is 15.2. The van der Waals surface area contributed by atoms with Gasteiger partial charge < -0.3 is 0 Å². The molecular weight excluding hydrogens is 128 g/mol. The summed E-state index contributed by atoms with van der Waals surface area (Å²) in [5.41, 5.74) is 0.792. The van der Waals surface area contributed by atoms with Crippen molar-refractivity contribution in [1.82, 2.24) is 19.6 Å². The minimum absolute atomic E-state index is 0.792. The van der Waals surface area contributed by atoms with Gasteiger partial charge in [-0.25, -0.2) is 0 Å². The van der Waals surface area contributed by atoms with Crippen molar-refractivity contribution in [2.75, 3.05) is 0 Å². The second-order valence-electron chi connectivity index (χ2n) is 2.05. The first kappa shape index (κ1) is 5.34. The number of aryl methyl sites for hydroxylation is 1. The third-order valence-electron chi connectivity index (χ3n) is 1.38. The van der Waals surface area contributed by atoms with E-state index < -0.39 is 0 Å². The van der Waals surface area contributed by atoms with Gasteiger partial charge in [-0.1, -0.05) is 0 Å². The van der Waals surface area contributed by atoms with Gasteiger partial charge in [-0.2, -0.15) is 0 Å². The standard InChI is InChI=1S/C6H6N4/c1-5-8-9-6-4-7-2-3-10(5)6/h2-4H,1H3. The molecule has 0 aliphatic carbocycles. The van der Waals surface area contributed by atoms with Gasteiger partial charge >= 0.3 is 0 Å². The van der Waals surface area contributed by atoms with Crippen molar-refractivity contribution < 1.29 is 0 Å². The van der Waals surface area contributed by atoms with Crippen LogP contribution in [0.1, 0.15) is 5.82 Å². The highest BCUT2D eigenvalue weighted by Crippen LogP contribution is 1.97. The highest BCUT2D eigenvalue weighted by Gasteiger charge is 1.96. The van der Waals surface area contributed by atoms with Crippen LogP contribution in [0.3, 0.4) is 0 Å². The molecule has 0 aliphatic heterocycles. The number of rotatable bonds is 0. The van der Waals surface area contributed by atoms with E-state index in [1.807, 2.05) is 17.5 Å². The maximum absolute atomic E-state index is 3.90. The Balaban J connectivity index is 2.93. The molecule has 0 aliphatic rings. The van der Waals surface area contributed by atoms with E-state index in [4.69, 9.17) is 0 Å². The van der Waals surface area contributed by atoms with E-state index >= 15 is 0 Å².